The monoisotopic (exact) mass is 387 g/mol. The molecule has 1 amide bonds. The number of alkyl halides is 1. The third-order valence-electron chi connectivity index (χ3n) is 3.85. The number of fused-ring (bicyclic) bond motifs is 1. The highest BCUT2D eigenvalue weighted by Crippen LogP contribution is 2.58. The summed E-state index contributed by atoms with van der Waals surface area (Å²) in [5, 5.41) is 9.76. The molecule has 0 saturated heterocycles. The Kier molecular flexibility index (Phi) is 7.08. The maximum Gasteiger partial charge on any atom is 0.412 e. The van der Waals surface area contributed by atoms with Gasteiger partial charge in [-0.15, -0.1) is 11.6 Å². The smallest absolute Gasteiger partial charge is 0.412 e. The molecule has 0 aliphatic carbocycles. The summed E-state index contributed by atoms with van der Waals surface area (Å²) in [5.41, 5.74) is 2.18. The molecule has 1 aliphatic rings. The zero-order valence-corrected chi connectivity index (χ0v) is 16.0. The average Bonchev–Trinajstić information content (AvgIpc) is 2.59. The molecule has 0 bridgehead atoms. The fourth-order valence-corrected chi connectivity index (χ4v) is 5.02. The second-order valence-corrected chi connectivity index (χ2v) is 7.95. The van der Waals surface area contributed by atoms with E-state index in [1.165, 1.54) is 0 Å². The molecule has 1 heterocycles. The molecular formula is C17H23ClNO5P. The molecule has 1 N–H and O–H groups in total. The van der Waals surface area contributed by atoms with E-state index in [2.05, 4.69) is 0 Å². The first kappa shape index (κ1) is 20.0. The van der Waals surface area contributed by atoms with Gasteiger partial charge in [-0.25, -0.2) is 4.79 Å². The van der Waals surface area contributed by atoms with Gasteiger partial charge in [-0.3, -0.25) is 9.46 Å². The maximum absolute atomic E-state index is 13.3. The van der Waals surface area contributed by atoms with Gasteiger partial charge >= 0.3 is 13.7 Å². The van der Waals surface area contributed by atoms with Crippen LogP contribution in [0.1, 0.15) is 32.3 Å². The lowest BCUT2D eigenvalue weighted by molar-refractivity contribution is 0.193. The number of amides is 1. The summed E-state index contributed by atoms with van der Waals surface area (Å²) < 4.78 is 24.1. The lowest BCUT2D eigenvalue weighted by atomic mass is 9.95. The Labute approximate surface area is 152 Å². The van der Waals surface area contributed by atoms with Crippen LogP contribution in [0.2, 0.25) is 0 Å². The van der Waals surface area contributed by atoms with Crippen LogP contribution in [0.15, 0.2) is 30.3 Å². The minimum atomic E-state index is -3.69. The van der Waals surface area contributed by atoms with Crippen LogP contribution in [-0.4, -0.2) is 36.1 Å². The van der Waals surface area contributed by atoms with Gasteiger partial charge < -0.3 is 14.2 Å². The van der Waals surface area contributed by atoms with Gasteiger partial charge in [0.1, 0.15) is 0 Å². The number of hydrogen-bond acceptors (Lipinski definition) is 4. The normalized spacial score (nSPS) is 17.2. The molecule has 8 heteroatoms. The van der Waals surface area contributed by atoms with Gasteiger partial charge in [0.2, 0.25) is 0 Å². The van der Waals surface area contributed by atoms with Crippen molar-refractivity contribution in [2.75, 3.05) is 24.0 Å². The SMILES string of the molecule is CCOP(=O)(OCC)C1C=C(CCCCl)c2ccccc2N1C(=O)O. The molecule has 1 aromatic carbocycles. The van der Waals surface area contributed by atoms with Crippen molar-refractivity contribution in [1.82, 2.24) is 0 Å². The maximum atomic E-state index is 13.3. The highest BCUT2D eigenvalue weighted by atomic mass is 35.5. The van der Waals surface area contributed by atoms with E-state index in [4.69, 9.17) is 20.6 Å². The Morgan fingerprint density at radius 1 is 1.28 bits per heavy atom. The number of carbonyl (C=O) groups is 1. The Bertz CT molecular complexity index is 683. The van der Waals surface area contributed by atoms with Gasteiger partial charge in [0.15, 0.2) is 5.78 Å². The van der Waals surface area contributed by atoms with Gasteiger partial charge in [0, 0.05) is 11.4 Å². The predicted octanol–water partition coefficient (Wildman–Crippen LogP) is 5.18. The zero-order valence-electron chi connectivity index (χ0n) is 14.4. The third-order valence-corrected chi connectivity index (χ3v) is 6.38. The molecule has 25 heavy (non-hydrogen) atoms. The van der Waals surface area contributed by atoms with E-state index in [1.54, 1.807) is 32.1 Å². The lowest BCUT2D eigenvalue weighted by Crippen LogP contribution is -2.41. The minimum Gasteiger partial charge on any atom is -0.465 e. The second kappa shape index (κ2) is 8.86. The fraction of sp³-hybridized carbons (Fsp3) is 0.471. The molecule has 138 valence electrons. The molecule has 1 aliphatic heterocycles. The van der Waals surface area contributed by atoms with Crippen LogP contribution in [0.5, 0.6) is 0 Å². The molecular weight excluding hydrogens is 365 g/mol. The molecule has 0 spiro atoms. The molecule has 1 aromatic rings. The second-order valence-electron chi connectivity index (χ2n) is 5.44. The Morgan fingerprint density at radius 2 is 1.92 bits per heavy atom. The Balaban J connectivity index is 2.59. The molecule has 1 atom stereocenters. The summed E-state index contributed by atoms with van der Waals surface area (Å²) in [7, 11) is -3.69. The Hall–Kier alpha value is -1.33. The van der Waals surface area contributed by atoms with Crippen molar-refractivity contribution in [3.05, 3.63) is 35.9 Å². The number of benzene rings is 1. The number of para-hydroxylation sites is 1. The van der Waals surface area contributed by atoms with E-state index in [0.717, 1.165) is 22.5 Å². The number of nitrogens with zero attached hydrogens (tertiary/aromatic N) is 1. The van der Waals surface area contributed by atoms with E-state index < -0.39 is 19.5 Å². The van der Waals surface area contributed by atoms with Crippen molar-refractivity contribution < 1.29 is 23.5 Å². The van der Waals surface area contributed by atoms with Gasteiger partial charge in [0.25, 0.3) is 0 Å². The van der Waals surface area contributed by atoms with Gasteiger partial charge in [-0.1, -0.05) is 18.2 Å². The van der Waals surface area contributed by atoms with Crippen LogP contribution in [0.4, 0.5) is 10.5 Å². The highest BCUT2D eigenvalue weighted by Gasteiger charge is 2.44. The summed E-state index contributed by atoms with van der Waals surface area (Å²) in [6, 6.07) is 7.15. The zero-order chi connectivity index (χ0) is 18.4. The summed E-state index contributed by atoms with van der Waals surface area (Å²) >= 11 is 5.82. The molecule has 0 fully saturated rings. The van der Waals surface area contributed by atoms with Crippen LogP contribution >= 0.6 is 19.2 Å². The summed E-state index contributed by atoms with van der Waals surface area (Å²) in [5.74, 6) is -0.536. The number of allylic oxidation sites excluding steroid dienone is 1. The van der Waals surface area contributed by atoms with Crippen molar-refractivity contribution in [2.45, 2.75) is 32.5 Å². The molecule has 6 nitrogen and oxygen atoms in total. The summed E-state index contributed by atoms with van der Waals surface area (Å²) in [4.78, 5) is 13.0. The quantitative estimate of drug-likeness (QED) is 0.491. The van der Waals surface area contributed by atoms with Crippen molar-refractivity contribution in [3.63, 3.8) is 0 Å². The van der Waals surface area contributed by atoms with Gasteiger partial charge in [-0.2, -0.15) is 0 Å². The average molecular weight is 388 g/mol. The van der Waals surface area contributed by atoms with Crippen molar-refractivity contribution in [3.8, 4) is 0 Å². The van der Waals surface area contributed by atoms with E-state index in [-0.39, 0.29) is 13.2 Å². The molecule has 0 saturated carbocycles. The first-order valence-corrected chi connectivity index (χ1v) is 10.4. The first-order valence-electron chi connectivity index (χ1n) is 8.25. The molecule has 0 aromatic heterocycles. The first-order chi connectivity index (χ1) is 12.0. The van der Waals surface area contributed by atoms with Crippen LogP contribution < -0.4 is 4.90 Å². The standard InChI is InChI=1S/C17H23ClNO5P/c1-3-23-25(22,24-4-2)16-12-13(8-7-11-18)14-9-5-6-10-15(14)19(16)17(20)21/h5-6,9-10,12,16H,3-4,7-8,11H2,1-2H3,(H,20,21). The van der Waals surface area contributed by atoms with Gasteiger partial charge in [-0.05, 0) is 44.4 Å². The van der Waals surface area contributed by atoms with Gasteiger partial charge in [0.05, 0.1) is 18.9 Å². The van der Waals surface area contributed by atoms with Crippen molar-refractivity contribution >= 4 is 36.6 Å². The van der Waals surface area contributed by atoms with Crippen LogP contribution in [0.25, 0.3) is 5.57 Å². The van der Waals surface area contributed by atoms with E-state index in [9.17, 15) is 14.5 Å². The largest absolute Gasteiger partial charge is 0.465 e. The number of carboxylic acid groups (broad SMARTS) is 1. The minimum absolute atomic E-state index is 0.160. The van der Waals surface area contributed by atoms with Crippen LogP contribution in [-0.2, 0) is 13.6 Å². The number of hydrogen-bond donors (Lipinski definition) is 1. The van der Waals surface area contributed by atoms with Crippen molar-refractivity contribution in [2.24, 2.45) is 0 Å². The summed E-state index contributed by atoms with van der Waals surface area (Å²) in [6.45, 7) is 3.72. The number of halogens is 1. The summed E-state index contributed by atoms with van der Waals surface area (Å²) in [6.07, 6.45) is 1.87. The third kappa shape index (κ3) is 4.26. The van der Waals surface area contributed by atoms with Crippen molar-refractivity contribution in [1.29, 1.82) is 0 Å². The van der Waals surface area contributed by atoms with E-state index in [0.29, 0.717) is 18.0 Å². The Morgan fingerprint density at radius 3 is 2.48 bits per heavy atom. The molecule has 2 rings (SSSR count). The molecule has 0 radical (unpaired) electrons. The predicted molar refractivity (Wildman–Crippen MR) is 99.5 cm³/mol. The molecule has 1 unspecified atom stereocenters. The fourth-order valence-electron chi connectivity index (χ4n) is 2.92. The number of anilines is 1. The lowest BCUT2D eigenvalue weighted by Gasteiger charge is -2.37. The van der Waals surface area contributed by atoms with E-state index in [1.807, 2.05) is 12.1 Å². The van der Waals surface area contributed by atoms with Crippen LogP contribution in [0, 0.1) is 0 Å². The highest BCUT2D eigenvalue weighted by molar-refractivity contribution is 7.55. The number of rotatable bonds is 8. The van der Waals surface area contributed by atoms with Crippen LogP contribution in [0.3, 0.4) is 0 Å². The topological polar surface area (TPSA) is 76.1 Å². The van der Waals surface area contributed by atoms with E-state index >= 15 is 0 Å².